The van der Waals surface area contributed by atoms with Gasteiger partial charge in [-0.25, -0.2) is 0 Å². The molecule has 1 atom stereocenters. The highest BCUT2D eigenvalue weighted by molar-refractivity contribution is 5.76. The number of hydrogen-bond acceptors (Lipinski definition) is 7. The fraction of sp³-hybridized carbons (Fsp3) is 0.308. The molecular weight excluding hydrogens is 440 g/mol. The molecule has 9 nitrogen and oxygen atoms in total. The van der Waals surface area contributed by atoms with Crippen molar-refractivity contribution in [2.24, 2.45) is 12.8 Å². The molecule has 0 saturated carbocycles. The Morgan fingerprint density at radius 2 is 1.91 bits per heavy atom. The molecule has 178 valence electrons. The molecule has 0 bridgehead atoms. The molecule has 0 spiro atoms. The Bertz CT molecular complexity index is 1450. The van der Waals surface area contributed by atoms with Crippen LogP contribution in [0.4, 0.5) is 11.9 Å². The molecule has 3 heterocycles. The minimum atomic E-state index is -0.194. The number of nitriles is 1. The van der Waals surface area contributed by atoms with Crippen LogP contribution in [0.5, 0.6) is 0 Å². The van der Waals surface area contributed by atoms with Crippen molar-refractivity contribution in [1.29, 1.82) is 5.26 Å². The van der Waals surface area contributed by atoms with Crippen LogP contribution in [0.2, 0.25) is 0 Å². The van der Waals surface area contributed by atoms with Gasteiger partial charge in [0, 0.05) is 32.7 Å². The van der Waals surface area contributed by atoms with Crippen LogP contribution in [-0.4, -0.2) is 38.2 Å². The predicted molar refractivity (Wildman–Crippen MR) is 136 cm³/mol. The first-order valence-corrected chi connectivity index (χ1v) is 11.8. The van der Waals surface area contributed by atoms with E-state index in [1.165, 1.54) is 4.57 Å². The largest absolute Gasteiger partial charge is 0.351 e. The number of nitrogens with zero attached hydrogens (tertiary/aromatic N) is 6. The second-order valence-corrected chi connectivity index (χ2v) is 8.93. The maximum absolute atomic E-state index is 13.6. The first kappa shape index (κ1) is 22.6. The predicted octanol–water partition coefficient (Wildman–Crippen LogP) is 2.59. The minimum absolute atomic E-state index is 0.0438. The Morgan fingerprint density at radius 1 is 1.14 bits per heavy atom. The molecule has 1 saturated heterocycles. The molecule has 0 radical (unpaired) electrons. The third kappa shape index (κ3) is 4.48. The highest BCUT2D eigenvalue weighted by Crippen LogP contribution is 2.25. The van der Waals surface area contributed by atoms with Crippen molar-refractivity contribution in [2.75, 3.05) is 23.3 Å². The summed E-state index contributed by atoms with van der Waals surface area (Å²) < 4.78 is 3.41. The van der Waals surface area contributed by atoms with Gasteiger partial charge < -0.3 is 16.0 Å². The molecule has 2 aromatic carbocycles. The van der Waals surface area contributed by atoms with Gasteiger partial charge in [0.2, 0.25) is 11.9 Å². The Labute approximate surface area is 203 Å². The van der Waals surface area contributed by atoms with Crippen molar-refractivity contribution in [3.8, 4) is 6.07 Å². The molecular formula is C26H28N8O. The highest BCUT2D eigenvalue weighted by Gasteiger charge is 2.26. The summed E-state index contributed by atoms with van der Waals surface area (Å²) in [6, 6.07) is 19.7. The lowest BCUT2D eigenvalue weighted by molar-refractivity contribution is 0.495. The van der Waals surface area contributed by atoms with Gasteiger partial charge in [0.05, 0.1) is 18.2 Å². The van der Waals surface area contributed by atoms with E-state index in [1.807, 2.05) is 53.1 Å². The molecule has 9 heteroatoms. The van der Waals surface area contributed by atoms with Crippen molar-refractivity contribution >= 4 is 23.1 Å². The van der Waals surface area contributed by atoms with E-state index in [1.54, 1.807) is 13.1 Å². The SMILES string of the molecule is Cn1c(NCc2ccccc2)nc2nc(N3CCCC(N)C3)n(Cc3ccccc3C#N)c2c1=O. The molecule has 1 fully saturated rings. The Kier molecular flexibility index (Phi) is 6.21. The van der Waals surface area contributed by atoms with Crippen LogP contribution in [0.3, 0.4) is 0 Å². The molecule has 0 amide bonds. The second-order valence-electron chi connectivity index (χ2n) is 8.93. The van der Waals surface area contributed by atoms with Crippen molar-refractivity contribution in [3.05, 3.63) is 81.6 Å². The average molecular weight is 469 g/mol. The fourth-order valence-corrected chi connectivity index (χ4v) is 4.60. The smallest absolute Gasteiger partial charge is 0.281 e. The zero-order valence-corrected chi connectivity index (χ0v) is 19.7. The third-order valence-corrected chi connectivity index (χ3v) is 6.47. The summed E-state index contributed by atoms with van der Waals surface area (Å²) in [4.78, 5) is 25.3. The topological polar surface area (TPSA) is 118 Å². The third-order valence-electron chi connectivity index (χ3n) is 6.47. The lowest BCUT2D eigenvalue weighted by Crippen LogP contribution is -2.44. The van der Waals surface area contributed by atoms with Gasteiger partial charge in [-0.3, -0.25) is 13.9 Å². The van der Waals surface area contributed by atoms with E-state index in [2.05, 4.69) is 16.3 Å². The van der Waals surface area contributed by atoms with Crippen molar-refractivity contribution < 1.29 is 0 Å². The van der Waals surface area contributed by atoms with Gasteiger partial charge in [-0.15, -0.1) is 0 Å². The van der Waals surface area contributed by atoms with Crippen LogP contribution in [0.25, 0.3) is 11.2 Å². The summed E-state index contributed by atoms with van der Waals surface area (Å²) in [5.74, 6) is 1.11. The van der Waals surface area contributed by atoms with Gasteiger partial charge in [-0.1, -0.05) is 48.5 Å². The number of fused-ring (bicyclic) bond motifs is 1. The number of nitrogens with one attached hydrogen (secondary N) is 1. The van der Waals surface area contributed by atoms with E-state index in [0.29, 0.717) is 48.3 Å². The number of piperidine rings is 1. The lowest BCUT2D eigenvalue weighted by Gasteiger charge is -2.31. The number of nitrogens with two attached hydrogens (primary N) is 1. The van der Waals surface area contributed by atoms with Crippen LogP contribution in [0.15, 0.2) is 59.4 Å². The van der Waals surface area contributed by atoms with Crippen LogP contribution in [0.1, 0.15) is 29.5 Å². The van der Waals surface area contributed by atoms with E-state index in [4.69, 9.17) is 15.7 Å². The maximum Gasteiger partial charge on any atom is 0.281 e. The van der Waals surface area contributed by atoms with E-state index < -0.39 is 0 Å². The summed E-state index contributed by atoms with van der Waals surface area (Å²) in [6.07, 6.45) is 1.91. The summed E-state index contributed by atoms with van der Waals surface area (Å²) >= 11 is 0. The highest BCUT2D eigenvalue weighted by atomic mass is 16.1. The first-order valence-electron chi connectivity index (χ1n) is 11.8. The molecule has 1 unspecified atom stereocenters. The molecule has 3 N–H and O–H groups in total. The summed E-state index contributed by atoms with van der Waals surface area (Å²) in [6.45, 7) is 2.34. The summed E-state index contributed by atoms with van der Waals surface area (Å²) in [7, 11) is 1.71. The standard InChI is InChI=1S/C26H28N8O/c1-32-24(35)22-23(30-25(32)29-15-18-8-3-2-4-9-18)31-26(33-13-7-12-21(28)17-33)34(22)16-20-11-6-5-10-19(20)14-27/h2-6,8-11,21H,7,12-13,15-17,28H2,1H3,(H,29,30). The normalized spacial score (nSPS) is 15.8. The van der Waals surface area contributed by atoms with Crippen LogP contribution in [0, 0.1) is 11.3 Å². The molecule has 1 aliphatic heterocycles. The Balaban J connectivity index is 1.61. The number of hydrogen-bond donors (Lipinski definition) is 2. The summed E-state index contributed by atoms with van der Waals surface area (Å²) in [5.41, 5.74) is 9.35. The number of imidazole rings is 1. The minimum Gasteiger partial charge on any atom is -0.351 e. The van der Waals surface area contributed by atoms with Gasteiger partial charge in [-0.05, 0) is 30.0 Å². The molecule has 1 aliphatic rings. The fourth-order valence-electron chi connectivity index (χ4n) is 4.60. The van der Waals surface area contributed by atoms with E-state index in [0.717, 1.165) is 30.5 Å². The van der Waals surface area contributed by atoms with Crippen molar-refractivity contribution in [1.82, 2.24) is 19.1 Å². The first-order chi connectivity index (χ1) is 17.0. The number of benzene rings is 2. The van der Waals surface area contributed by atoms with Crippen molar-refractivity contribution in [3.63, 3.8) is 0 Å². The summed E-state index contributed by atoms with van der Waals surface area (Å²) in [5, 5.41) is 12.9. The van der Waals surface area contributed by atoms with Gasteiger partial charge >= 0.3 is 0 Å². The van der Waals surface area contributed by atoms with Crippen LogP contribution in [-0.2, 0) is 20.1 Å². The average Bonchev–Trinajstić information content (AvgIpc) is 3.24. The van der Waals surface area contributed by atoms with Gasteiger partial charge in [0.25, 0.3) is 5.56 Å². The number of aromatic nitrogens is 4. The monoisotopic (exact) mass is 468 g/mol. The van der Waals surface area contributed by atoms with Gasteiger partial charge in [0.15, 0.2) is 11.2 Å². The van der Waals surface area contributed by atoms with E-state index >= 15 is 0 Å². The second kappa shape index (κ2) is 9.60. The molecule has 35 heavy (non-hydrogen) atoms. The van der Waals surface area contributed by atoms with Crippen LogP contribution < -0.4 is 21.5 Å². The zero-order valence-electron chi connectivity index (χ0n) is 19.7. The van der Waals surface area contributed by atoms with E-state index in [9.17, 15) is 10.1 Å². The van der Waals surface area contributed by atoms with Gasteiger partial charge in [-0.2, -0.15) is 15.2 Å². The maximum atomic E-state index is 13.6. The molecule has 4 aromatic rings. The van der Waals surface area contributed by atoms with E-state index in [-0.39, 0.29) is 11.6 Å². The number of anilines is 2. The van der Waals surface area contributed by atoms with Crippen molar-refractivity contribution in [2.45, 2.75) is 32.0 Å². The van der Waals surface area contributed by atoms with Gasteiger partial charge in [0.1, 0.15) is 0 Å². The van der Waals surface area contributed by atoms with Crippen LogP contribution >= 0.6 is 0 Å². The number of rotatable bonds is 6. The molecule has 0 aliphatic carbocycles. The Hall–Kier alpha value is -4.16. The molecule has 2 aromatic heterocycles. The molecule has 5 rings (SSSR count). The lowest BCUT2D eigenvalue weighted by atomic mass is 10.1. The Morgan fingerprint density at radius 3 is 2.69 bits per heavy atom. The quantitative estimate of drug-likeness (QED) is 0.447. The zero-order chi connectivity index (χ0) is 24.4.